The molecule has 0 saturated heterocycles. The third-order valence-electron chi connectivity index (χ3n) is 4.57. The fourth-order valence-electron chi connectivity index (χ4n) is 3.28. The van der Waals surface area contributed by atoms with Crippen molar-refractivity contribution in [2.75, 3.05) is 6.54 Å². The zero-order valence-electron chi connectivity index (χ0n) is 12.9. The molecule has 3 heteroatoms. The largest absolute Gasteiger partial charge is 0.393 e. The number of pyridine rings is 1. The predicted molar refractivity (Wildman–Crippen MR) is 88.5 cm³/mol. The van der Waals surface area contributed by atoms with Gasteiger partial charge < -0.3 is 10.4 Å². The molecule has 3 atom stereocenters. The fourth-order valence-corrected chi connectivity index (χ4v) is 3.28. The summed E-state index contributed by atoms with van der Waals surface area (Å²) >= 11 is 0. The van der Waals surface area contributed by atoms with Crippen molar-refractivity contribution < 1.29 is 5.11 Å². The average Bonchev–Trinajstić information content (AvgIpc) is 2.59. The van der Waals surface area contributed by atoms with Crippen LogP contribution < -0.4 is 5.32 Å². The number of rotatable bonds is 5. The van der Waals surface area contributed by atoms with Crippen LogP contribution in [0.3, 0.4) is 0 Å². The Kier molecular flexibility index (Phi) is 5.20. The molecule has 116 valence electrons. The van der Waals surface area contributed by atoms with E-state index in [0.717, 1.165) is 31.5 Å². The van der Waals surface area contributed by atoms with Gasteiger partial charge in [-0.05, 0) is 36.5 Å². The molecule has 1 aromatic carbocycles. The van der Waals surface area contributed by atoms with Crippen molar-refractivity contribution in [2.45, 2.75) is 37.8 Å². The highest BCUT2D eigenvalue weighted by Crippen LogP contribution is 2.26. The van der Waals surface area contributed by atoms with Crippen LogP contribution in [0, 0.1) is 5.92 Å². The maximum Gasteiger partial charge on any atom is 0.0751 e. The summed E-state index contributed by atoms with van der Waals surface area (Å²) in [6.07, 6.45) is 6.09. The van der Waals surface area contributed by atoms with E-state index >= 15 is 0 Å². The lowest BCUT2D eigenvalue weighted by Gasteiger charge is -2.29. The molecule has 3 nitrogen and oxygen atoms in total. The molecule has 1 saturated carbocycles. The van der Waals surface area contributed by atoms with E-state index in [4.69, 9.17) is 0 Å². The predicted octanol–water partition coefficient (Wildman–Crippen LogP) is 3.31. The highest BCUT2D eigenvalue weighted by molar-refractivity contribution is 5.27. The molecule has 0 bridgehead atoms. The van der Waals surface area contributed by atoms with E-state index in [1.807, 2.05) is 24.4 Å². The first-order valence-electron chi connectivity index (χ1n) is 8.22. The minimum atomic E-state index is -0.165. The lowest BCUT2D eigenvalue weighted by atomic mass is 9.86. The van der Waals surface area contributed by atoms with Gasteiger partial charge in [0.25, 0.3) is 0 Å². The number of nitrogens with zero attached hydrogens (tertiary/aromatic N) is 1. The molecule has 1 heterocycles. The van der Waals surface area contributed by atoms with Gasteiger partial charge in [-0.2, -0.15) is 0 Å². The molecule has 1 aromatic heterocycles. The Morgan fingerprint density at radius 3 is 2.55 bits per heavy atom. The van der Waals surface area contributed by atoms with Crippen molar-refractivity contribution in [1.82, 2.24) is 10.3 Å². The van der Waals surface area contributed by atoms with Crippen LogP contribution >= 0.6 is 0 Å². The second kappa shape index (κ2) is 7.52. The number of benzene rings is 1. The first kappa shape index (κ1) is 15.2. The molecule has 0 radical (unpaired) electrons. The van der Waals surface area contributed by atoms with Gasteiger partial charge in [0.05, 0.1) is 17.8 Å². The Balaban J connectivity index is 1.74. The standard InChI is InChI=1S/C19H24N2O/c22-18-12-5-4-10-16(18)14-21-19(15-8-2-1-3-9-15)17-11-6-7-13-20-17/h1-3,6-9,11,13,16,18-19,21-22H,4-5,10,12,14H2. The van der Waals surface area contributed by atoms with E-state index in [0.29, 0.717) is 5.92 Å². The van der Waals surface area contributed by atoms with Gasteiger partial charge in [-0.3, -0.25) is 4.98 Å². The Morgan fingerprint density at radius 1 is 1.05 bits per heavy atom. The van der Waals surface area contributed by atoms with Crippen molar-refractivity contribution >= 4 is 0 Å². The lowest BCUT2D eigenvalue weighted by molar-refractivity contribution is 0.0686. The molecule has 1 fully saturated rings. The topological polar surface area (TPSA) is 45.1 Å². The maximum atomic E-state index is 10.2. The summed E-state index contributed by atoms with van der Waals surface area (Å²) in [6.45, 7) is 0.831. The van der Waals surface area contributed by atoms with E-state index in [-0.39, 0.29) is 12.1 Å². The van der Waals surface area contributed by atoms with Crippen LogP contribution in [0.15, 0.2) is 54.7 Å². The minimum Gasteiger partial charge on any atom is -0.393 e. The molecule has 22 heavy (non-hydrogen) atoms. The van der Waals surface area contributed by atoms with E-state index in [9.17, 15) is 5.11 Å². The second-order valence-electron chi connectivity index (χ2n) is 6.12. The molecule has 0 aliphatic heterocycles. The third kappa shape index (κ3) is 3.73. The summed E-state index contributed by atoms with van der Waals surface area (Å²) in [5.41, 5.74) is 2.24. The first-order valence-corrected chi connectivity index (χ1v) is 8.22. The molecule has 3 unspecified atom stereocenters. The van der Waals surface area contributed by atoms with Crippen molar-refractivity contribution in [3.8, 4) is 0 Å². The molecule has 0 spiro atoms. The second-order valence-corrected chi connectivity index (χ2v) is 6.12. The summed E-state index contributed by atoms with van der Waals surface area (Å²) in [5, 5.41) is 13.8. The highest BCUT2D eigenvalue weighted by atomic mass is 16.3. The van der Waals surface area contributed by atoms with Gasteiger partial charge in [-0.15, -0.1) is 0 Å². The Morgan fingerprint density at radius 2 is 1.82 bits per heavy atom. The number of hydrogen-bond donors (Lipinski definition) is 2. The monoisotopic (exact) mass is 296 g/mol. The number of hydrogen-bond acceptors (Lipinski definition) is 3. The van der Waals surface area contributed by atoms with Crippen molar-refractivity contribution in [3.05, 3.63) is 66.0 Å². The van der Waals surface area contributed by atoms with Gasteiger partial charge in [0.2, 0.25) is 0 Å². The number of aromatic nitrogens is 1. The van der Waals surface area contributed by atoms with E-state index in [2.05, 4.69) is 40.6 Å². The number of aliphatic hydroxyl groups excluding tert-OH is 1. The molecular formula is C19H24N2O. The molecular weight excluding hydrogens is 272 g/mol. The molecule has 0 amide bonds. The molecule has 1 aliphatic carbocycles. The highest BCUT2D eigenvalue weighted by Gasteiger charge is 2.24. The van der Waals surface area contributed by atoms with Crippen molar-refractivity contribution in [3.63, 3.8) is 0 Å². The number of nitrogens with one attached hydrogen (secondary N) is 1. The van der Waals surface area contributed by atoms with Crippen molar-refractivity contribution in [1.29, 1.82) is 0 Å². The SMILES string of the molecule is OC1CCCCC1CNC(c1ccccc1)c1ccccn1. The Hall–Kier alpha value is -1.71. The summed E-state index contributed by atoms with van der Waals surface area (Å²) in [4.78, 5) is 4.51. The zero-order valence-corrected chi connectivity index (χ0v) is 12.9. The fraction of sp³-hybridized carbons (Fsp3) is 0.421. The normalized spacial score (nSPS) is 23.1. The Labute approximate surface area is 132 Å². The lowest BCUT2D eigenvalue weighted by Crippen LogP contribution is -2.36. The van der Waals surface area contributed by atoms with Gasteiger partial charge in [0.1, 0.15) is 0 Å². The van der Waals surface area contributed by atoms with Crippen LogP contribution in [0.1, 0.15) is 43.0 Å². The van der Waals surface area contributed by atoms with Gasteiger partial charge in [-0.25, -0.2) is 0 Å². The van der Waals surface area contributed by atoms with Crippen LogP contribution in [0.25, 0.3) is 0 Å². The summed E-state index contributed by atoms with van der Waals surface area (Å²) in [7, 11) is 0. The quantitative estimate of drug-likeness (QED) is 0.889. The number of aliphatic hydroxyl groups is 1. The van der Waals surface area contributed by atoms with E-state index < -0.39 is 0 Å². The van der Waals surface area contributed by atoms with Gasteiger partial charge in [-0.1, -0.05) is 49.2 Å². The molecule has 2 N–H and O–H groups in total. The zero-order chi connectivity index (χ0) is 15.2. The van der Waals surface area contributed by atoms with Crippen LogP contribution in [-0.2, 0) is 0 Å². The van der Waals surface area contributed by atoms with E-state index in [1.165, 1.54) is 12.0 Å². The molecule has 2 aromatic rings. The van der Waals surface area contributed by atoms with Crippen LogP contribution in [0.2, 0.25) is 0 Å². The van der Waals surface area contributed by atoms with Crippen LogP contribution in [0.5, 0.6) is 0 Å². The molecule has 3 rings (SSSR count). The van der Waals surface area contributed by atoms with Gasteiger partial charge in [0, 0.05) is 12.7 Å². The Bertz CT molecular complexity index is 519. The minimum absolute atomic E-state index is 0.0801. The van der Waals surface area contributed by atoms with Crippen LogP contribution in [0.4, 0.5) is 0 Å². The summed E-state index contributed by atoms with van der Waals surface area (Å²) < 4.78 is 0. The van der Waals surface area contributed by atoms with Crippen LogP contribution in [-0.4, -0.2) is 22.7 Å². The smallest absolute Gasteiger partial charge is 0.0751 e. The average molecular weight is 296 g/mol. The summed E-state index contributed by atoms with van der Waals surface area (Å²) in [6, 6.07) is 16.5. The van der Waals surface area contributed by atoms with Gasteiger partial charge >= 0.3 is 0 Å². The first-order chi connectivity index (χ1) is 10.8. The third-order valence-corrected chi connectivity index (χ3v) is 4.57. The van der Waals surface area contributed by atoms with E-state index in [1.54, 1.807) is 0 Å². The maximum absolute atomic E-state index is 10.2. The molecule has 1 aliphatic rings. The van der Waals surface area contributed by atoms with Gasteiger partial charge in [0.15, 0.2) is 0 Å². The van der Waals surface area contributed by atoms with Crippen molar-refractivity contribution in [2.24, 2.45) is 5.92 Å². The summed E-state index contributed by atoms with van der Waals surface area (Å²) in [5.74, 6) is 0.351.